The first-order valence-corrected chi connectivity index (χ1v) is 7.88. The van der Waals surface area contributed by atoms with Crippen molar-refractivity contribution in [3.8, 4) is 0 Å². The van der Waals surface area contributed by atoms with Crippen LogP contribution < -0.4 is 0 Å². The Morgan fingerprint density at radius 3 is 2.75 bits per heavy atom. The van der Waals surface area contributed by atoms with Crippen LogP contribution >= 0.6 is 0 Å². The van der Waals surface area contributed by atoms with E-state index in [-0.39, 0.29) is 0 Å². The molecular formula is C17H20N4O3. The van der Waals surface area contributed by atoms with E-state index >= 15 is 0 Å². The van der Waals surface area contributed by atoms with Crippen molar-refractivity contribution in [2.24, 2.45) is 0 Å². The number of aryl methyl sites for hydroxylation is 5. The van der Waals surface area contributed by atoms with Crippen molar-refractivity contribution in [1.82, 2.24) is 19.8 Å². The van der Waals surface area contributed by atoms with Crippen LogP contribution in [-0.4, -0.2) is 32.3 Å². The van der Waals surface area contributed by atoms with Gasteiger partial charge in [-0.15, -0.1) is 0 Å². The van der Waals surface area contributed by atoms with Crippen molar-refractivity contribution < 1.29 is 14.1 Å². The molecule has 0 atom stereocenters. The standard InChI is InChI=1S/C17H20N4O3/c1-10-11(2)19-21-9-14(8-18-16(10)21)6-5-7-23-17(22)15-12(3)20-24-13(15)4/h8-9H,5-7H2,1-4H3. The van der Waals surface area contributed by atoms with E-state index in [1.54, 1.807) is 18.4 Å². The average molecular weight is 328 g/mol. The Bertz CT molecular complexity index is 875. The van der Waals surface area contributed by atoms with E-state index in [0.29, 0.717) is 30.0 Å². The molecule has 0 aromatic carbocycles. The molecule has 0 saturated carbocycles. The second kappa shape index (κ2) is 6.43. The first-order valence-electron chi connectivity index (χ1n) is 7.88. The number of esters is 1. The third-order valence-electron chi connectivity index (χ3n) is 4.07. The molecular weight excluding hydrogens is 308 g/mol. The summed E-state index contributed by atoms with van der Waals surface area (Å²) in [7, 11) is 0. The highest BCUT2D eigenvalue weighted by atomic mass is 16.5. The summed E-state index contributed by atoms with van der Waals surface area (Å²) in [6.45, 7) is 7.74. The van der Waals surface area contributed by atoms with Gasteiger partial charge in [-0.05, 0) is 46.1 Å². The molecule has 3 aromatic rings. The SMILES string of the molecule is Cc1noc(C)c1C(=O)OCCCc1cnc2c(C)c(C)nn2c1. The lowest BCUT2D eigenvalue weighted by molar-refractivity contribution is 0.0498. The molecule has 0 bridgehead atoms. The van der Waals surface area contributed by atoms with Crippen molar-refractivity contribution >= 4 is 11.6 Å². The van der Waals surface area contributed by atoms with Crippen molar-refractivity contribution in [2.45, 2.75) is 40.5 Å². The fourth-order valence-electron chi connectivity index (χ4n) is 2.61. The Balaban J connectivity index is 1.56. The molecule has 3 aromatic heterocycles. The molecule has 0 saturated heterocycles. The molecule has 0 radical (unpaired) electrons. The van der Waals surface area contributed by atoms with Crippen LogP contribution in [0.4, 0.5) is 0 Å². The molecule has 24 heavy (non-hydrogen) atoms. The number of hydrogen-bond acceptors (Lipinski definition) is 6. The predicted octanol–water partition coefficient (Wildman–Crippen LogP) is 2.74. The quantitative estimate of drug-likeness (QED) is 0.529. The number of nitrogens with zero attached hydrogens (tertiary/aromatic N) is 4. The molecule has 0 fully saturated rings. The maximum absolute atomic E-state index is 12.0. The van der Waals surface area contributed by atoms with E-state index in [9.17, 15) is 4.79 Å². The second-order valence-corrected chi connectivity index (χ2v) is 5.88. The smallest absolute Gasteiger partial charge is 0.343 e. The third-order valence-corrected chi connectivity index (χ3v) is 4.07. The molecule has 3 heterocycles. The van der Waals surface area contributed by atoms with Crippen LogP contribution in [0.1, 0.15) is 45.1 Å². The predicted molar refractivity (Wildman–Crippen MR) is 87.0 cm³/mol. The molecule has 0 aliphatic heterocycles. The van der Waals surface area contributed by atoms with Gasteiger partial charge in [0.05, 0.1) is 18.0 Å². The van der Waals surface area contributed by atoms with E-state index in [2.05, 4.69) is 15.2 Å². The molecule has 0 amide bonds. The average Bonchev–Trinajstić information content (AvgIpc) is 3.03. The Morgan fingerprint density at radius 1 is 1.25 bits per heavy atom. The Morgan fingerprint density at radius 2 is 2.04 bits per heavy atom. The van der Waals surface area contributed by atoms with Gasteiger partial charge >= 0.3 is 5.97 Å². The number of ether oxygens (including phenoxy) is 1. The molecule has 3 rings (SSSR count). The molecule has 0 N–H and O–H groups in total. The minimum Gasteiger partial charge on any atom is -0.462 e. The lowest BCUT2D eigenvalue weighted by Crippen LogP contribution is -2.09. The van der Waals surface area contributed by atoms with Gasteiger partial charge in [0.15, 0.2) is 5.65 Å². The van der Waals surface area contributed by atoms with E-state index in [0.717, 1.165) is 28.9 Å². The minimum atomic E-state index is -0.391. The van der Waals surface area contributed by atoms with Crippen LogP contribution in [0.15, 0.2) is 16.9 Å². The van der Waals surface area contributed by atoms with Crippen molar-refractivity contribution in [2.75, 3.05) is 6.61 Å². The zero-order valence-corrected chi connectivity index (χ0v) is 14.3. The molecule has 0 aliphatic rings. The van der Waals surface area contributed by atoms with E-state index < -0.39 is 5.97 Å². The van der Waals surface area contributed by atoms with E-state index in [1.165, 1.54) is 0 Å². The number of rotatable bonds is 5. The lowest BCUT2D eigenvalue weighted by Gasteiger charge is -2.05. The summed E-state index contributed by atoms with van der Waals surface area (Å²) >= 11 is 0. The third kappa shape index (κ3) is 3.02. The summed E-state index contributed by atoms with van der Waals surface area (Å²) in [5.41, 5.74) is 4.97. The Kier molecular flexibility index (Phi) is 4.33. The minimum absolute atomic E-state index is 0.331. The summed E-state index contributed by atoms with van der Waals surface area (Å²) in [5, 5.41) is 8.19. The lowest BCUT2D eigenvalue weighted by atomic mass is 10.2. The van der Waals surface area contributed by atoms with Crippen LogP contribution in [0.25, 0.3) is 5.65 Å². The largest absolute Gasteiger partial charge is 0.462 e. The van der Waals surface area contributed by atoms with Gasteiger partial charge in [0.1, 0.15) is 11.3 Å². The van der Waals surface area contributed by atoms with Crippen molar-refractivity contribution in [3.05, 3.63) is 46.2 Å². The highest BCUT2D eigenvalue weighted by molar-refractivity contribution is 5.91. The van der Waals surface area contributed by atoms with Crippen LogP contribution in [0.3, 0.4) is 0 Å². The summed E-state index contributed by atoms with van der Waals surface area (Å²) in [5.74, 6) is 0.0923. The highest BCUT2D eigenvalue weighted by Crippen LogP contribution is 2.15. The fraction of sp³-hybridized carbons (Fsp3) is 0.412. The van der Waals surface area contributed by atoms with Crippen molar-refractivity contribution in [3.63, 3.8) is 0 Å². The highest BCUT2D eigenvalue weighted by Gasteiger charge is 2.18. The van der Waals surface area contributed by atoms with Crippen LogP contribution in [0.2, 0.25) is 0 Å². The molecule has 0 aliphatic carbocycles. The van der Waals surface area contributed by atoms with Gasteiger partial charge in [-0.25, -0.2) is 14.3 Å². The number of fused-ring (bicyclic) bond motifs is 1. The second-order valence-electron chi connectivity index (χ2n) is 5.88. The fourth-order valence-corrected chi connectivity index (χ4v) is 2.61. The van der Waals surface area contributed by atoms with Gasteiger partial charge in [-0.1, -0.05) is 5.16 Å². The van der Waals surface area contributed by atoms with E-state index in [1.807, 2.05) is 26.2 Å². The van der Waals surface area contributed by atoms with E-state index in [4.69, 9.17) is 9.26 Å². The number of carbonyl (C=O) groups is 1. The van der Waals surface area contributed by atoms with Gasteiger partial charge in [-0.3, -0.25) is 0 Å². The molecule has 0 unspecified atom stereocenters. The summed E-state index contributed by atoms with van der Waals surface area (Å²) in [6.07, 6.45) is 5.29. The number of aromatic nitrogens is 4. The van der Waals surface area contributed by atoms with Gasteiger partial charge < -0.3 is 9.26 Å². The normalized spacial score (nSPS) is 11.2. The van der Waals surface area contributed by atoms with Gasteiger partial charge in [-0.2, -0.15) is 5.10 Å². The maximum Gasteiger partial charge on any atom is 0.343 e. The Labute approximate surface area is 139 Å². The zero-order valence-electron chi connectivity index (χ0n) is 14.3. The molecule has 7 nitrogen and oxygen atoms in total. The van der Waals surface area contributed by atoms with Gasteiger partial charge in [0.2, 0.25) is 0 Å². The first-order chi connectivity index (χ1) is 11.5. The topological polar surface area (TPSA) is 82.5 Å². The first kappa shape index (κ1) is 16.2. The van der Waals surface area contributed by atoms with Crippen LogP contribution in [0, 0.1) is 27.7 Å². The Hall–Kier alpha value is -2.70. The summed E-state index contributed by atoms with van der Waals surface area (Å²) < 4.78 is 12.1. The van der Waals surface area contributed by atoms with Gasteiger partial charge in [0.25, 0.3) is 0 Å². The van der Waals surface area contributed by atoms with Crippen LogP contribution in [-0.2, 0) is 11.2 Å². The molecule has 7 heteroatoms. The number of carbonyl (C=O) groups excluding carboxylic acids is 1. The van der Waals surface area contributed by atoms with Crippen molar-refractivity contribution in [1.29, 1.82) is 0 Å². The zero-order chi connectivity index (χ0) is 17.3. The van der Waals surface area contributed by atoms with Gasteiger partial charge in [0, 0.05) is 18.0 Å². The summed E-state index contributed by atoms with van der Waals surface area (Å²) in [4.78, 5) is 16.5. The number of hydrogen-bond donors (Lipinski definition) is 0. The maximum atomic E-state index is 12.0. The molecule has 126 valence electrons. The summed E-state index contributed by atoms with van der Waals surface area (Å²) in [6, 6.07) is 0. The monoisotopic (exact) mass is 328 g/mol. The molecule has 0 spiro atoms. The van der Waals surface area contributed by atoms with Crippen LogP contribution in [0.5, 0.6) is 0 Å².